The smallest absolute Gasteiger partial charge is 0.254 e. The third-order valence-electron chi connectivity index (χ3n) is 5.05. The van der Waals surface area contributed by atoms with Gasteiger partial charge in [-0.05, 0) is 55.0 Å². The second-order valence-electron chi connectivity index (χ2n) is 7.13. The molecule has 1 saturated heterocycles. The summed E-state index contributed by atoms with van der Waals surface area (Å²) in [5.41, 5.74) is 1.23. The van der Waals surface area contributed by atoms with Gasteiger partial charge in [-0.3, -0.25) is 4.79 Å². The van der Waals surface area contributed by atoms with E-state index in [1.54, 1.807) is 53.4 Å². The Morgan fingerprint density at radius 3 is 2.41 bits per heavy atom. The standard InChI is InChI=1S/C22H20FNO4S/c23-18-8-6-16(7-9-18)21-11-10-20(28-21)14-24(19-12-13-29(26,27)15-19)22(25)17-4-2-1-3-5-17/h1-11,19H,12-15H2. The summed E-state index contributed by atoms with van der Waals surface area (Å²) in [6.45, 7) is 0.162. The molecule has 0 N–H and O–H groups in total. The van der Waals surface area contributed by atoms with Crippen molar-refractivity contribution in [1.29, 1.82) is 0 Å². The Hall–Kier alpha value is -2.93. The lowest BCUT2D eigenvalue weighted by Gasteiger charge is -2.27. The van der Waals surface area contributed by atoms with Crippen molar-refractivity contribution in [1.82, 2.24) is 4.90 Å². The van der Waals surface area contributed by atoms with Gasteiger partial charge in [-0.1, -0.05) is 18.2 Å². The van der Waals surface area contributed by atoms with Gasteiger partial charge in [0.2, 0.25) is 0 Å². The van der Waals surface area contributed by atoms with Gasteiger partial charge < -0.3 is 9.32 Å². The quantitative estimate of drug-likeness (QED) is 0.636. The van der Waals surface area contributed by atoms with Crippen LogP contribution in [0.5, 0.6) is 0 Å². The maximum atomic E-state index is 13.1. The van der Waals surface area contributed by atoms with E-state index in [4.69, 9.17) is 4.42 Å². The van der Waals surface area contributed by atoms with E-state index in [-0.39, 0.29) is 29.8 Å². The average Bonchev–Trinajstić information content (AvgIpc) is 3.33. The monoisotopic (exact) mass is 413 g/mol. The fourth-order valence-corrected chi connectivity index (χ4v) is 5.27. The molecule has 1 aliphatic heterocycles. The number of benzene rings is 2. The van der Waals surface area contributed by atoms with Crippen LogP contribution in [0.3, 0.4) is 0 Å². The molecular weight excluding hydrogens is 393 g/mol. The number of hydrogen-bond donors (Lipinski definition) is 0. The molecule has 0 aliphatic carbocycles. The molecule has 0 bridgehead atoms. The minimum Gasteiger partial charge on any atom is -0.459 e. The molecule has 150 valence electrons. The summed E-state index contributed by atoms with van der Waals surface area (Å²) in [7, 11) is -3.15. The van der Waals surface area contributed by atoms with Crippen molar-refractivity contribution in [2.75, 3.05) is 11.5 Å². The zero-order chi connectivity index (χ0) is 20.4. The highest BCUT2D eigenvalue weighted by molar-refractivity contribution is 7.91. The summed E-state index contributed by atoms with van der Waals surface area (Å²) in [6, 6.07) is 17.9. The summed E-state index contributed by atoms with van der Waals surface area (Å²) in [6.07, 6.45) is 0.409. The van der Waals surface area contributed by atoms with Gasteiger partial charge >= 0.3 is 0 Å². The molecule has 3 aromatic rings. The van der Waals surface area contributed by atoms with Crippen LogP contribution in [-0.2, 0) is 16.4 Å². The SMILES string of the molecule is O=C(c1ccccc1)N(Cc1ccc(-c2ccc(F)cc2)o1)C1CCS(=O)(=O)C1. The van der Waals surface area contributed by atoms with Crippen LogP contribution in [-0.4, -0.2) is 36.8 Å². The van der Waals surface area contributed by atoms with Crippen molar-refractivity contribution in [3.8, 4) is 11.3 Å². The van der Waals surface area contributed by atoms with Crippen LogP contribution >= 0.6 is 0 Å². The predicted molar refractivity (Wildman–Crippen MR) is 107 cm³/mol. The lowest BCUT2D eigenvalue weighted by atomic mass is 10.1. The van der Waals surface area contributed by atoms with Gasteiger partial charge in [0, 0.05) is 17.2 Å². The number of amides is 1. The molecule has 29 heavy (non-hydrogen) atoms. The number of carbonyl (C=O) groups is 1. The Labute approximate surface area is 168 Å². The molecule has 1 amide bonds. The van der Waals surface area contributed by atoms with Crippen molar-refractivity contribution in [2.24, 2.45) is 0 Å². The molecule has 0 spiro atoms. The first-order valence-electron chi connectivity index (χ1n) is 9.32. The van der Waals surface area contributed by atoms with Crippen LogP contribution in [0, 0.1) is 5.82 Å². The molecule has 4 rings (SSSR count). The highest BCUT2D eigenvalue weighted by Crippen LogP contribution is 2.26. The maximum absolute atomic E-state index is 13.1. The van der Waals surface area contributed by atoms with Crippen molar-refractivity contribution < 1.29 is 22.0 Å². The second-order valence-corrected chi connectivity index (χ2v) is 9.36. The van der Waals surface area contributed by atoms with Crippen LogP contribution in [0.2, 0.25) is 0 Å². The van der Waals surface area contributed by atoms with Gasteiger partial charge in [0.15, 0.2) is 9.84 Å². The average molecular weight is 413 g/mol. The highest BCUT2D eigenvalue weighted by atomic mass is 32.2. The minimum atomic E-state index is -3.15. The Morgan fingerprint density at radius 1 is 1.03 bits per heavy atom. The fourth-order valence-electron chi connectivity index (χ4n) is 3.53. The van der Waals surface area contributed by atoms with Gasteiger partial charge in [0.25, 0.3) is 5.91 Å². The summed E-state index contributed by atoms with van der Waals surface area (Å²) in [5, 5.41) is 0. The Bertz CT molecular complexity index is 1110. The number of halogens is 1. The fraction of sp³-hybridized carbons (Fsp3) is 0.227. The first kappa shape index (κ1) is 19.4. The van der Waals surface area contributed by atoms with Crippen LogP contribution in [0.15, 0.2) is 71.1 Å². The van der Waals surface area contributed by atoms with Gasteiger partial charge in [-0.2, -0.15) is 0 Å². The van der Waals surface area contributed by atoms with E-state index < -0.39 is 15.9 Å². The summed E-state index contributed by atoms with van der Waals surface area (Å²) in [5.74, 6) is 0.575. The van der Waals surface area contributed by atoms with Crippen molar-refractivity contribution in [3.05, 3.63) is 83.9 Å². The molecule has 1 aromatic heterocycles. The Kier molecular flexibility index (Phi) is 5.24. The lowest BCUT2D eigenvalue weighted by molar-refractivity contribution is 0.0666. The van der Waals surface area contributed by atoms with E-state index in [1.807, 2.05) is 6.07 Å². The van der Waals surface area contributed by atoms with Crippen molar-refractivity contribution in [2.45, 2.75) is 19.0 Å². The lowest BCUT2D eigenvalue weighted by Crippen LogP contribution is -2.40. The maximum Gasteiger partial charge on any atom is 0.254 e. The number of furan rings is 1. The second kappa shape index (κ2) is 7.83. The zero-order valence-corrected chi connectivity index (χ0v) is 16.4. The first-order chi connectivity index (χ1) is 13.9. The van der Waals surface area contributed by atoms with Gasteiger partial charge in [0.05, 0.1) is 18.1 Å². The molecule has 1 fully saturated rings. The van der Waals surface area contributed by atoms with Crippen molar-refractivity contribution in [3.63, 3.8) is 0 Å². The van der Waals surface area contributed by atoms with Gasteiger partial charge in [-0.15, -0.1) is 0 Å². The van der Waals surface area contributed by atoms with E-state index in [0.29, 0.717) is 23.5 Å². The first-order valence-corrected chi connectivity index (χ1v) is 11.1. The molecule has 2 heterocycles. The molecule has 2 aromatic carbocycles. The van der Waals surface area contributed by atoms with E-state index >= 15 is 0 Å². The van der Waals surface area contributed by atoms with Crippen LogP contribution in [0.1, 0.15) is 22.5 Å². The van der Waals surface area contributed by atoms with E-state index in [0.717, 1.165) is 5.56 Å². The van der Waals surface area contributed by atoms with E-state index in [1.165, 1.54) is 12.1 Å². The summed E-state index contributed by atoms with van der Waals surface area (Å²) < 4.78 is 43.0. The minimum absolute atomic E-state index is 0.0445. The zero-order valence-electron chi connectivity index (χ0n) is 15.6. The van der Waals surface area contributed by atoms with Gasteiger partial charge in [0.1, 0.15) is 17.3 Å². The number of hydrogen-bond acceptors (Lipinski definition) is 4. The van der Waals surface area contributed by atoms with E-state index in [9.17, 15) is 17.6 Å². The van der Waals surface area contributed by atoms with Crippen LogP contribution < -0.4 is 0 Å². The molecule has 1 atom stereocenters. The van der Waals surface area contributed by atoms with Crippen LogP contribution in [0.4, 0.5) is 4.39 Å². The number of carbonyl (C=O) groups excluding carboxylic acids is 1. The number of sulfone groups is 1. The number of nitrogens with zero attached hydrogens (tertiary/aromatic N) is 1. The normalized spacial score (nSPS) is 17.9. The Morgan fingerprint density at radius 2 is 1.76 bits per heavy atom. The van der Waals surface area contributed by atoms with Crippen molar-refractivity contribution >= 4 is 15.7 Å². The summed E-state index contributed by atoms with van der Waals surface area (Å²) in [4.78, 5) is 14.7. The molecular formula is C22H20FNO4S. The largest absolute Gasteiger partial charge is 0.459 e. The molecule has 0 radical (unpaired) electrons. The molecule has 0 saturated carbocycles. The van der Waals surface area contributed by atoms with Crippen LogP contribution in [0.25, 0.3) is 11.3 Å². The van der Waals surface area contributed by atoms with E-state index in [2.05, 4.69) is 0 Å². The molecule has 1 aliphatic rings. The third kappa shape index (κ3) is 4.40. The highest BCUT2D eigenvalue weighted by Gasteiger charge is 2.35. The summed E-state index contributed by atoms with van der Waals surface area (Å²) >= 11 is 0. The molecule has 7 heteroatoms. The molecule has 5 nitrogen and oxygen atoms in total. The topological polar surface area (TPSA) is 67.6 Å². The number of rotatable bonds is 5. The predicted octanol–water partition coefficient (Wildman–Crippen LogP) is 3.92. The Balaban J connectivity index is 1.60. The molecule has 1 unspecified atom stereocenters. The third-order valence-corrected chi connectivity index (χ3v) is 6.80. The van der Waals surface area contributed by atoms with Gasteiger partial charge in [-0.25, -0.2) is 12.8 Å².